The van der Waals surface area contributed by atoms with Gasteiger partial charge in [-0.15, -0.1) is 0 Å². The van der Waals surface area contributed by atoms with Gasteiger partial charge in [0.2, 0.25) is 0 Å². The maximum atomic E-state index is 12.1. The molecule has 0 spiro atoms. The Hall–Kier alpha value is -0.265. The number of piperazine rings is 1. The van der Waals surface area contributed by atoms with Gasteiger partial charge < -0.3 is 22.6 Å². The normalized spacial score (nSPS) is 20.8. The van der Waals surface area contributed by atoms with Crippen LogP contribution >= 0.6 is 0 Å². The molecule has 3 nitrogen and oxygen atoms in total. The second-order valence-corrected chi connectivity index (χ2v) is 3.85. The van der Waals surface area contributed by atoms with Crippen LogP contribution in [0.4, 0.5) is 12.9 Å². The molecule has 1 heterocycles. The van der Waals surface area contributed by atoms with E-state index in [9.17, 15) is 12.9 Å². The molecule has 1 rings (SSSR count). The minimum absolute atomic E-state index is 0.505. The average molecular weight is 225 g/mol. The molecule has 0 amide bonds. The molecule has 0 aliphatic carbocycles. The molecule has 1 saturated heterocycles. The molecule has 0 N–H and O–H groups in total. The van der Waals surface area contributed by atoms with Crippen LogP contribution in [0.5, 0.6) is 0 Å². The van der Waals surface area contributed by atoms with Crippen molar-refractivity contribution in [2.75, 3.05) is 52.9 Å². The lowest BCUT2D eigenvalue weighted by Gasteiger charge is -2.36. The molecule has 7 heteroatoms. The van der Waals surface area contributed by atoms with Crippen molar-refractivity contribution in [1.29, 1.82) is 0 Å². The van der Waals surface area contributed by atoms with Crippen LogP contribution in [-0.4, -0.2) is 69.7 Å². The summed E-state index contributed by atoms with van der Waals surface area (Å²) >= 11 is 0. The molecule has 0 unspecified atom stereocenters. The van der Waals surface area contributed by atoms with E-state index >= 15 is 0 Å². The van der Waals surface area contributed by atoms with Crippen LogP contribution < -0.4 is 0 Å². The maximum Gasteiger partial charge on any atom is 0.492 e. The molecule has 0 saturated carbocycles. The molecule has 90 valence electrons. The van der Waals surface area contributed by atoms with Gasteiger partial charge in [-0.2, -0.15) is 0 Å². The monoisotopic (exact) mass is 225 g/mol. The zero-order valence-corrected chi connectivity index (χ0v) is 8.96. The first-order valence-electron chi connectivity index (χ1n) is 5.16. The first-order valence-corrected chi connectivity index (χ1v) is 5.16. The van der Waals surface area contributed by atoms with Gasteiger partial charge in [0.15, 0.2) is 0 Å². The van der Waals surface area contributed by atoms with E-state index in [2.05, 4.69) is 4.90 Å². The van der Waals surface area contributed by atoms with Crippen LogP contribution in [0.25, 0.3) is 0 Å². The van der Waals surface area contributed by atoms with Crippen molar-refractivity contribution in [3.8, 4) is 0 Å². The predicted molar refractivity (Wildman–Crippen MR) is 53.8 cm³/mol. The second kappa shape index (κ2) is 5.72. The Bertz CT molecular complexity index is 183. The molecule has 1 aliphatic heterocycles. The van der Waals surface area contributed by atoms with Crippen molar-refractivity contribution < 1.29 is 17.7 Å². The summed E-state index contributed by atoms with van der Waals surface area (Å²) in [4.78, 5) is 3.60. The zero-order chi connectivity index (χ0) is 11.3. The van der Waals surface area contributed by atoms with E-state index in [1.54, 1.807) is 7.11 Å². The highest BCUT2D eigenvalue weighted by Crippen LogP contribution is 2.12. The van der Waals surface area contributed by atoms with Crippen LogP contribution in [0.1, 0.15) is 0 Å². The summed E-state index contributed by atoms with van der Waals surface area (Å²) in [6, 6.07) is 0. The smallest absolute Gasteiger partial charge is 0.448 e. The van der Waals surface area contributed by atoms with E-state index < -0.39 is 13.4 Å². The van der Waals surface area contributed by atoms with E-state index in [4.69, 9.17) is 4.74 Å². The first kappa shape index (κ1) is 12.8. The van der Waals surface area contributed by atoms with Gasteiger partial charge in [0.1, 0.15) is 0 Å². The number of rotatable bonds is 5. The fourth-order valence-electron chi connectivity index (χ4n) is 1.71. The van der Waals surface area contributed by atoms with Gasteiger partial charge in [-0.3, -0.25) is 4.90 Å². The topological polar surface area (TPSA) is 15.7 Å². The van der Waals surface area contributed by atoms with Gasteiger partial charge in [0.25, 0.3) is 0 Å². The molecule has 0 bridgehead atoms. The molecule has 0 atom stereocenters. The third-order valence-corrected chi connectivity index (χ3v) is 2.54. The van der Waals surface area contributed by atoms with Crippen molar-refractivity contribution in [3.05, 3.63) is 0 Å². The molecular weight excluding hydrogens is 208 g/mol. The second-order valence-electron chi connectivity index (χ2n) is 3.85. The fraction of sp³-hybridized carbons (Fsp3) is 1.00. The van der Waals surface area contributed by atoms with E-state index in [0.717, 1.165) is 6.54 Å². The van der Waals surface area contributed by atoms with Crippen molar-refractivity contribution in [2.24, 2.45) is 0 Å². The van der Waals surface area contributed by atoms with Crippen molar-refractivity contribution >= 4 is 6.98 Å². The summed E-state index contributed by atoms with van der Waals surface area (Å²) in [5.74, 6) is 0. The van der Waals surface area contributed by atoms with Gasteiger partial charge in [0, 0.05) is 39.8 Å². The van der Waals surface area contributed by atoms with Crippen LogP contribution in [0.3, 0.4) is 0 Å². The summed E-state index contributed by atoms with van der Waals surface area (Å²) in [5, 5.41) is 0. The Balaban J connectivity index is 2.18. The Morgan fingerprint density at radius 2 is 1.60 bits per heavy atom. The number of ether oxygens (including phenoxy) is 1. The quantitative estimate of drug-likeness (QED) is 0.638. The lowest BCUT2D eigenvalue weighted by molar-refractivity contribution is 0.101. The zero-order valence-electron chi connectivity index (χ0n) is 8.96. The van der Waals surface area contributed by atoms with Gasteiger partial charge in [-0.25, -0.2) is 0 Å². The van der Waals surface area contributed by atoms with E-state index in [1.165, 1.54) is 4.90 Å². The van der Waals surface area contributed by atoms with Crippen LogP contribution in [0, 0.1) is 0 Å². The summed E-state index contributed by atoms with van der Waals surface area (Å²) in [6.07, 6.45) is -0.724. The summed E-state index contributed by atoms with van der Waals surface area (Å²) < 4.78 is 41.3. The van der Waals surface area contributed by atoms with Crippen molar-refractivity contribution in [2.45, 2.75) is 0 Å². The van der Waals surface area contributed by atoms with Crippen LogP contribution in [0.15, 0.2) is 0 Å². The van der Waals surface area contributed by atoms with E-state index in [-0.39, 0.29) is 0 Å². The number of hydrogen-bond acceptors (Lipinski definition) is 3. The molecule has 0 aromatic carbocycles. The number of nitrogens with zero attached hydrogens (tertiary/aromatic N) is 2. The Kier molecular flexibility index (Phi) is 4.88. The van der Waals surface area contributed by atoms with Gasteiger partial charge >= 0.3 is 6.98 Å². The Morgan fingerprint density at radius 3 is 2.07 bits per heavy atom. The molecule has 15 heavy (non-hydrogen) atoms. The first-order chi connectivity index (χ1) is 7.01. The maximum absolute atomic E-state index is 12.1. The van der Waals surface area contributed by atoms with E-state index in [1.807, 2.05) is 0 Å². The predicted octanol–water partition coefficient (Wildman–Crippen LogP) is 0.637. The molecule has 0 aromatic heterocycles. The summed E-state index contributed by atoms with van der Waals surface area (Å²) in [6.45, 7) is -0.809. The van der Waals surface area contributed by atoms with Crippen molar-refractivity contribution in [3.63, 3.8) is 0 Å². The third kappa shape index (κ3) is 5.39. The highest BCUT2D eigenvalue weighted by atomic mass is 19.4. The van der Waals surface area contributed by atoms with Gasteiger partial charge in [-0.05, 0) is 6.44 Å². The Morgan fingerprint density at radius 1 is 1.07 bits per heavy atom. The number of hydrogen-bond donors (Lipinski definition) is 0. The summed E-state index contributed by atoms with van der Waals surface area (Å²) in [7, 11) is 1.63. The molecule has 0 aromatic rings. The minimum Gasteiger partial charge on any atom is -0.448 e. The highest BCUT2D eigenvalue weighted by molar-refractivity contribution is 6.58. The fourth-order valence-corrected chi connectivity index (χ4v) is 1.71. The third-order valence-electron chi connectivity index (χ3n) is 2.54. The minimum atomic E-state index is -4.68. The average Bonchev–Trinajstić information content (AvgIpc) is 2.14. The van der Waals surface area contributed by atoms with Crippen LogP contribution in [-0.2, 0) is 4.74 Å². The molecule has 1 aliphatic rings. The largest absolute Gasteiger partial charge is 0.492 e. The van der Waals surface area contributed by atoms with E-state index in [0.29, 0.717) is 32.8 Å². The Labute approximate surface area is 88.2 Å². The highest BCUT2D eigenvalue weighted by Gasteiger charge is 2.28. The molecule has 1 fully saturated rings. The van der Waals surface area contributed by atoms with Crippen LogP contribution in [0.2, 0.25) is 0 Å². The number of halogens is 3. The summed E-state index contributed by atoms with van der Waals surface area (Å²) in [5.41, 5.74) is 0. The molecule has 0 radical (unpaired) electrons. The number of methoxy groups -OCH3 is 1. The molecular formula is C8H17BF3N2O-. The van der Waals surface area contributed by atoms with Gasteiger partial charge in [0.05, 0.1) is 6.61 Å². The SMILES string of the molecule is COCCN1CCN(C[B-](F)(F)F)CC1. The lowest BCUT2D eigenvalue weighted by Crippen LogP contribution is -2.50. The van der Waals surface area contributed by atoms with Crippen molar-refractivity contribution in [1.82, 2.24) is 9.80 Å². The van der Waals surface area contributed by atoms with Gasteiger partial charge in [-0.1, -0.05) is 0 Å². The standard InChI is InChI=1S/C8H17BF3N2O/c1-15-7-6-13-2-4-14(5-3-13)8-9(10,11)12/h2-8H2,1H3/q-1. The lowest BCUT2D eigenvalue weighted by atomic mass is 9.91.